The molecule has 1 saturated heterocycles. The third-order valence-electron chi connectivity index (χ3n) is 4.09. The molecule has 0 aromatic carbocycles. The summed E-state index contributed by atoms with van der Waals surface area (Å²) in [4.78, 5) is 12.4. The van der Waals surface area contributed by atoms with E-state index < -0.39 is 16.5 Å². The molecular formula is C16H32ClNO4. The highest BCUT2D eigenvalue weighted by Gasteiger charge is 2.47. The minimum Gasteiger partial charge on any atom is -0.462 e. The molecule has 0 aromatic rings. The SMILES string of the molecule is CCOCC(C)(C)C(=O)OC1CC(C)(C)N(O)C(C)(C)C1.Cl. The minimum atomic E-state index is -0.652. The summed E-state index contributed by atoms with van der Waals surface area (Å²) in [5.74, 6) is -0.237. The van der Waals surface area contributed by atoms with Crippen molar-refractivity contribution >= 4 is 18.4 Å². The molecule has 0 aromatic heterocycles. The molecule has 1 rings (SSSR count). The number of esters is 1. The topological polar surface area (TPSA) is 59.0 Å². The number of carbonyl (C=O) groups excluding carboxylic acids is 1. The third kappa shape index (κ3) is 5.08. The molecular weight excluding hydrogens is 306 g/mol. The van der Waals surface area contributed by atoms with Crippen molar-refractivity contribution in [1.82, 2.24) is 5.06 Å². The van der Waals surface area contributed by atoms with E-state index in [0.717, 1.165) is 0 Å². The van der Waals surface area contributed by atoms with E-state index in [1.807, 2.05) is 48.5 Å². The van der Waals surface area contributed by atoms with Crippen LogP contribution in [0.3, 0.4) is 0 Å². The number of halogens is 1. The van der Waals surface area contributed by atoms with E-state index in [1.54, 1.807) is 0 Å². The third-order valence-corrected chi connectivity index (χ3v) is 4.09. The van der Waals surface area contributed by atoms with Gasteiger partial charge in [-0.3, -0.25) is 4.79 Å². The van der Waals surface area contributed by atoms with Gasteiger partial charge in [0.15, 0.2) is 0 Å². The second-order valence-corrected chi connectivity index (χ2v) is 7.89. The van der Waals surface area contributed by atoms with Crippen LogP contribution < -0.4 is 0 Å². The molecule has 1 heterocycles. The maximum atomic E-state index is 12.4. The fraction of sp³-hybridized carbons (Fsp3) is 0.938. The van der Waals surface area contributed by atoms with Crippen LogP contribution >= 0.6 is 12.4 Å². The molecule has 0 aliphatic carbocycles. The van der Waals surface area contributed by atoms with Gasteiger partial charge < -0.3 is 14.7 Å². The van der Waals surface area contributed by atoms with Crippen molar-refractivity contribution in [2.75, 3.05) is 13.2 Å². The van der Waals surface area contributed by atoms with Crippen LogP contribution in [0.5, 0.6) is 0 Å². The number of rotatable bonds is 5. The summed E-state index contributed by atoms with van der Waals surface area (Å²) in [7, 11) is 0. The Balaban J connectivity index is 0.00000441. The van der Waals surface area contributed by atoms with Crippen LogP contribution in [0, 0.1) is 5.41 Å². The zero-order chi connectivity index (χ0) is 16.5. The molecule has 0 saturated carbocycles. The van der Waals surface area contributed by atoms with E-state index in [0.29, 0.717) is 26.1 Å². The molecule has 0 atom stereocenters. The Labute approximate surface area is 140 Å². The molecule has 0 amide bonds. The predicted octanol–water partition coefficient (Wildman–Crippen LogP) is 3.42. The van der Waals surface area contributed by atoms with Crippen molar-refractivity contribution in [2.45, 2.75) is 78.5 Å². The monoisotopic (exact) mass is 337 g/mol. The van der Waals surface area contributed by atoms with Gasteiger partial charge >= 0.3 is 5.97 Å². The average Bonchev–Trinajstić information content (AvgIpc) is 2.32. The van der Waals surface area contributed by atoms with E-state index in [-0.39, 0.29) is 24.5 Å². The maximum Gasteiger partial charge on any atom is 0.314 e. The van der Waals surface area contributed by atoms with Gasteiger partial charge in [-0.25, -0.2) is 0 Å². The predicted molar refractivity (Wildman–Crippen MR) is 88.4 cm³/mol. The number of hydroxylamine groups is 2. The van der Waals surface area contributed by atoms with E-state index in [4.69, 9.17) is 9.47 Å². The lowest BCUT2D eigenvalue weighted by Gasteiger charge is -2.51. The van der Waals surface area contributed by atoms with Crippen LogP contribution in [0.15, 0.2) is 0 Å². The van der Waals surface area contributed by atoms with Gasteiger partial charge in [0.2, 0.25) is 0 Å². The van der Waals surface area contributed by atoms with Crippen molar-refractivity contribution in [2.24, 2.45) is 5.41 Å². The summed E-state index contributed by atoms with van der Waals surface area (Å²) < 4.78 is 11.1. The summed E-state index contributed by atoms with van der Waals surface area (Å²) in [5.41, 5.74) is -1.49. The molecule has 1 aliphatic rings. The molecule has 22 heavy (non-hydrogen) atoms. The Bertz CT molecular complexity index is 364. The molecule has 0 unspecified atom stereocenters. The number of carbonyl (C=O) groups is 1. The van der Waals surface area contributed by atoms with Gasteiger partial charge in [-0.2, -0.15) is 5.06 Å². The highest BCUT2D eigenvalue weighted by molar-refractivity contribution is 5.85. The normalized spacial score (nSPS) is 22.0. The number of hydrogen-bond acceptors (Lipinski definition) is 5. The number of hydrogen-bond donors (Lipinski definition) is 1. The first kappa shape index (κ1) is 21.6. The Morgan fingerprint density at radius 2 is 1.68 bits per heavy atom. The number of ether oxygens (including phenoxy) is 2. The van der Waals surface area contributed by atoms with Gasteiger partial charge in [-0.1, -0.05) is 0 Å². The molecule has 0 bridgehead atoms. The number of piperidine rings is 1. The van der Waals surface area contributed by atoms with Gasteiger partial charge in [0.1, 0.15) is 6.10 Å². The van der Waals surface area contributed by atoms with E-state index in [9.17, 15) is 10.0 Å². The molecule has 6 heteroatoms. The zero-order valence-corrected chi connectivity index (χ0v) is 15.7. The molecule has 0 spiro atoms. The minimum absolute atomic E-state index is 0. The molecule has 1 fully saturated rings. The Kier molecular flexibility index (Phi) is 7.35. The van der Waals surface area contributed by atoms with Crippen molar-refractivity contribution in [3.8, 4) is 0 Å². The fourth-order valence-corrected chi connectivity index (χ4v) is 2.99. The highest BCUT2D eigenvalue weighted by atomic mass is 35.5. The maximum absolute atomic E-state index is 12.4. The number of nitrogens with zero attached hydrogens (tertiary/aromatic N) is 1. The van der Waals surface area contributed by atoms with Crippen LogP contribution in [0.2, 0.25) is 0 Å². The van der Waals surface area contributed by atoms with Crippen LogP contribution in [-0.2, 0) is 14.3 Å². The van der Waals surface area contributed by atoms with Crippen molar-refractivity contribution in [1.29, 1.82) is 0 Å². The van der Waals surface area contributed by atoms with E-state index in [2.05, 4.69) is 0 Å². The molecule has 1 N–H and O–H groups in total. The van der Waals surface area contributed by atoms with Gasteiger partial charge in [0, 0.05) is 30.5 Å². The summed E-state index contributed by atoms with van der Waals surface area (Å²) in [6, 6.07) is 0. The second-order valence-electron chi connectivity index (χ2n) is 7.89. The van der Waals surface area contributed by atoms with Crippen LogP contribution in [0.4, 0.5) is 0 Å². The standard InChI is InChI=1S/C16H31NO4.ClH/c1-8-20-11-14(2,3)13(18)21-12-9-15(4,5)17(19)16(6,7)10-12;/h12,19H,8-11H2,1-7H3;1H. The van der Waals surface area contributed by atoms with Crippen molar-refractivity contribution in [3.05, 3.63) is 0 Å². The summed E-state index contributed by atoms with van der Waals surface area (Å²) in [5, 5.41) is 11.7. The second kappa shape index (κ2) is 7.47. The van der Waals surface area contributed by atoms with Crippen LogP contribution in [0.25, 0.3) is 0 Å². The van der Waals surface area contributed by atoms with Gasteiger partial charge in [0.05, 0.1) is 12.0 Å². The van der Waals surface area contributed by atoms with Crippen LogP contribution in [-0.4, -0.2) is 46.6 Å². The van der Waals surface area contributed by atoms with Gasteiger partial charge in [0.25, 0.3) is 0 Å². The first-order valence-electron chi connectivity index (χ1n) is 7.70. The van der Waals surface area contributed by atoms with E-state index >= 15 is 0 Å². The van der Waals surface area contributed by atoms with Crippen molar-refractivity contribution < 1.29 is 19.5 Å². The van der Waals surface area contributed by atoms with Crippen LogP contribution in [0.1, 0.15) is 61.3 Å². The van der Waals surface area contributed by atoms with E-state index in [1.165, 1.54) is 5.06 Å². The summed E-state index contributed by atoms with van der Waals surface area (Å²) in [6.45, 7) is 14.3. The largest absolute Gasteiger partial charge is 0.462 e. The Morgan fingerprint density at radius 1 is 1.23 bits per heavy atom. The molecule has 132 valence electrons. The average molecular weight is 338 g/mol. The first-order chi connectivity index (χ1) is 9.42. The fourth-order valence-electron chi connectivity index (χ4n) is 2.99. The zero-order valence-electron chi connectivity index (χ0n) is 14.9. The smallest absolute Gasteiger partial charge is 0.314 e. The highest BCUT2D eigenvalue weighted by Crippen LogP contribution is 2.38. The quantitative estimate of drug-likeness (QED) is 0.779. The molecule has 5 nitrogen and oxygen atoms in total. The van der Waals surface area contributed by atoms with Gasteiger partial charge in [-0.05, 0) is 48.5 Å². The van der Waals surface area contributed by atoms with Gasteiger partial charge in [-0.15, -0.1) is 12.4 Å². The van der Waals surface area contributed by atoms with Crippen molar-refractivity contribution in [3.63, 3.8) is 0 Å². The summed E-state index contributed by atoms with van der Waals surface area (Å²) in [6.07, 6.45) is 1.04. The molecule has 1 aliphatic heterocycles. The lowest BCUT2D eigenvalue weighted by Crippen LogP contribution is -2.61. The lowest BCUT2D eigenvalue weighted by atomic mass is 9.80. The Morgan fingerprint density at radius 3 is 2.09 bits per heavy atom. The first-order valence-corrected chi connectivity index (χ1v) is 7.70. The lowest BCUT2D eigenvalue weighted by molar-refractivity contribution is -0.260. The summed E-state index contributed by atoms with van der Waals surface area (Å²) >= 11 is 0. The Hall–Kier alpha value is -0.360. The molecule has 0 radical (unpaired) electrons.